The van der Waals surface area contributed by atoms with Crippen molar-refractivity contribution in [2.75, 3.05) is 19.6 Å². The van der Waals surface area contributed by atoms with Gasteiger partial charge in [0.1, 0.15) is 0 Å². The lowest BCUT2D eigenvalue weighted by Crippen LogP contribution is -2.41. The van der Waals surface area contributed by atoms with Gasteiger partial charge >= 0.3 is 5.69 Å². The number of hydrogen-bond acceptors (Lipinski definition) is 4. The SMILES string of the molecule is CC12C=CC=NC1C=Cc1c2c2cccc3c(=O)n(CCN4CCCC4)c(=O)n1c23. The van der Waals surface area contributed by atoms with E-state index >= 15 is 0 Å². The minimum Gasteiger partial charge on any atom is -0.302 e. The number of nitrogens with zero attached hydrogens (tertiary/aromatic N) is 4. The Bertz CT molecular complexity index is 1370. The van der Waals surface area contributed by atoms with Crippen LogP contribution in [0.3, 0.4) is 0 Å². The molecule has 3 aromatic rings. The van der Waals surface area contributed by atoms with Crippen LogP contribution in [0.5, 0.6) is 0 Å². The van der Waals surface area contributed by atoms with Gasteiger partial charge in [-0.25, -0.2) is 4.79 Å². The topological polar surface area (TPSA) is 59.1 Å². The number of hydrogen-bond donors (Lipinski definition) is 0. The second-order valence-corrected chi connectivity index (χ2v) is 8.83. The van der Waals surface area contributed by atoms with E-state index in [1.165, 1.54) is 17.4 Å². The molecule has 6 rings (SSSR count). The molecular weight excluding hydrogens is 376 g/mol. The highest BCUT2D eigenvalue weighted by Gasteiger charge is 2.41. The summed E-state index contributed by atoms with van der Waals surface area (Å²) in [7, 11) is 0. The summed E-state index contributed by atoms with van der Waals surface area (Å²) in [5, 5.41) is 1.58. The second-order valence-electron chi connectivity index (χ2n) is 8.83. The van der Waals surface area contributed by atoms with Crippen LogP contribution in [0.2, 0.25) is 0 Å². The van der Waals surface area contributed by atoms with Crippen molar-refractivity contribution in [2.24, 2.45) is 4.99 Å². The fraction of sp³-hybridized carbons (Fsp3) is 0.375. The first-order chi connectivity index (χ1) is 14.6. The third kappa shape index (κ3) is 2.25. The number of aliphatic imine (C=N–C) groups is 1. The third-order valence-corrected chi connectivity index (χ3v) is 7.13. The summed E-state index contributed by atoms with van der Waals surface area (Å²) in [6.07, 6.45) is 12.4. The molecule has 0 saturated carbocycles. The Morgan fingerprint density at radius 1 is 1.13 bits per heavy atom. The maximum absolute atomic E-state index is 13.6. The highest BCUT2D eigenvalue weighted by Crippen LogP contribution is 2.44. The zero-order valence-electron chi connectivity index (χ0n) is 17.0. The predicted molar refractivity (Wildman–Crippen MR) is 120 cm³/mol. The molecule has 3 aliphatic rings. The van der Waals surface area contributed by atoms with Crippen molar-refractivity contribution in [3.63, 3.8) is 0 Å². The molecule has 0 spiro atoms. The molecule has 1 aromatic carbocycles. The fourth-order valence-electron chi connectivity index (χ4n) is 5.55. The first-order valence-corrected chi connectivity index (χ1v) is 10.8. The van der Waals surface area contributed by atoms with Crippen LogP contribution in [-0.2, 0) is 12.0 Å². The Labute approximate surface area is 173 Å². The number of dihydropyridines is 1. The molecule has 2 unspecified atom stereocenters. The Kier molecular flexibility index (Phi) is 3.72. The van der Waals surface area contributed by atoms with Crippen molar-refractivity contribution in [3.05, 3.63) is 68.5 Å². The molecule has 6 nitrogen and oxygen atoms in total. The van der Waals surface area contributed by atoms with Crippen LogP contribution in [0.25, 0.3) is 22.4 Å². The first-order valence-electron chi connectivity index (χ1n) is 10.8. The van der Waals surface area contributed by atoms with E-state index < -0.39 is 0 Å². The van der Waals surface area contributed by atoms with Crippen molar-refractivity contribution < 1.29 is 0 Å². The quantitative estimate of drug-likeness (QED) is 0.679. The maximum Gasteiger partial charge on any atom is 0.336 e. The zero-order chi connectivity index (χ0) is 20.5. The summed E-state index contributed by atoms with van der Waals surface area (Å²) in [6, 6.07) is 5.81. The Morgan fingerprint density at radius 2 is 1.93 bits per heavy atom. The molecule has 0 radical (unpaired) electrons. The summed E-state index contributed by atoms with van der Waals surface area (Å²) in [6.45, 7) is 5.42. The Balaban J connectivity index is 1.63. The van der Waals surface area contributed by atoms with Gasteiger partial charge in [0.2, 0.25) is 0 Å². The number of likely N-dealkylation sites (tertiary alicyclic amines) is 1. The van der Waals surface area contributed by atoms with E-state index in [1.807, 2.05) is 36.6 Å². The normalized spacial score (nSPS) is 25.4. The third-order valence-electron chi connectivity index (χ3n) is 7.13. The van der Waals surface area contributed by atoms with E-state index in [2.05, 4.69) is 29.0 Å². The van der Waals surface area contributed by atoms with E-state index in [4.69, 9.17) is 0 Å². The number of benzene rings is 1. The van der Waals surface area contributed by atoms with Gasteiger partial charge in [0.15, 0.2) is 0 Å². The van der Waals surface area contributed by atoms with Crippen LogP contribution in [0, 0.1) is 0 Å². The van der Waals surface area contributed by atoms with Gasteiger partial charge in [0.05, 0.1) is 22.6 Å². The molecule has 2 atom stereocenters. The van der Waals surface area contributed by atoms with Crippen molar-refractivity contribution in [1.29, 1.82) is 0 Å². The van der Waals surface area contributed by atoms with E-state index in [0.717, 1.165) is 41.8 Å². The van der Waals surface area contributed by atoms with Gasteiger partial charge in [0, 0.05) is 30.1 Å². The molecule has 0 amide bonds. The molecule has 1 aliphatic carbocycles. The van der Waals surface area contributed by atoms with Crippen LogP contribution in [-0.4, -0.2) is 45.8 Å². The van der Waals surface area contributed by atoms with E-state index in [0.29, 0.717) is 11.9 Å². The molecule has 4 heterocycles. The molecule has 6 heteroatoms. The van der Waals surface area contributed by atoms with E-state index in [1.54, 1.807) is 4.40 Å². The molecule has 2 aliphatic heterocycles. The average molecular weight is 400 g/mol. The Hall–Kier alpha value is -2.99. The molecular formula is C24H24N4O2. The van der Waals surface area contributed by atoms with Crippen molar-refractivity contribution in [2.45, 2.75) is 37.8 Å². The van der Waals surface area contributed by atoms with Crippen LogP contribution in [0.1, 0.15) is 31.0 Å². The van der Waals surface area contributed by atoms with Gasteiger partial charge in [-0.15, -0.1) is 0 Å². The molecule has 30 heavy (non-hydrogen) atoms. The fourth-order valence-corrected chi connectivity index (χ4v) is 5.55. The van der Waals surface area contributed by atoms with Crippen molar-refractivity contribution in [3.8, 4) is 0 Å². The summed E-state index contributed by atoms with van der Waals surface area (Å²) in [4.78, 5) is 33.9. The lowest BCUT2D eigenvalue weighted by atomic mass is 9.71. The first kappa shape index (κ1) is 17.8. The van der Waals surface area contributed by atoms with Crippen LogP contribution in [0.4, 0.5) is 0 Å². The van der Waals surface area contributed by atoms with Crippen LogP contribution in [0.15, 0.2) is 51.0 Å². The second kappa shape index (κ2) is 6.25. The molecule has 0 bridgehead atoms. The lowest BCUT2D eigenvalue weighted by molar-refractivity contribution is 0.318. The summed E-state index contributed by atoms with van der Waals surface area (Å²) in [5.74, 6) is 0. The lowest BCUT2D eigenvalue weighted by Gasteiger charge is -2.36. The summed E-state index contributed by atoms with van der Waals surface area (Å²) in [5.41, 5.74) is 1.94. The smallest absolute Gasteiger partial charge is 0.302 e. The predicted octanol–water partition coefficient (Wildman–Crippen LogP) is 2.44. The number of allylic oxidation sites excluding steroid dienone is 1. The molecule has 1 fully saturated rings. The van der Waals surface area contributed by atoms with Crippen molar-refractivity contribution in [1.82, 2.24) is 13.9 Å². The molecule has 152 valence electrons. The van der Waals surface area contributed by atoms with Crippen LogP contribution >= 0.6 is 0 Å². The zero-order valence-corrected chi connectivity index (χ0v) is 17.0. The monoisotopic (exact) mass is 400 g/mol. The summed E-state index contributed by atoms with van der Waals surface area (Å²) < 4.78 is 3.19. The van der Waals surface area contributed by atoms with Gasteiger partial charge in [-0.2, -0.15) is 0 Å². The minimum absolute atomic E-state index is 0.00414. The molecule has 0 N–H and O–H groups in total. The van der Waals surface area contributed by atoms with Gasteiger partial charge in [-0.05, 0) is 56.6 Å². The standard InChI is InChI=1S/C24H24N4O2/c1-24-10-5-11-25-19(24)9-8-18-20(24)16-6-4-7-17-21(16)28(18)23(30)27(22(17)29)15-14-26-12-2-3-13-26/h4-11,19H,2-3,12-15H2,1H3. The van der Waals surface area contributed by atoms with Gasteiger partial charge < -0.3 is 4.90 Å². The van der Waals surface area contributed by atoms with Crippen LogP contribution < -0.4 is 11.2 Å². The number of aromatic nitrogens is 2. The van der Waals surface area contributed by atoms with E-state index in [9.17, 15) is 9.59 Å². The van der Waals surface area contributed by atoms with Gasteiger partial charge in [-0.1, -0.05) is 24.3 Å². The minimum atomic E-state index is -0.338. The number of rotatable bonds is 3. The van der Waals surface area contributed by atoms with Gasteiger partial charge in [0.25, 0.3) is 5.56 Å². The number of para-hydroxylation sites is 1. The molecule has 2 aromatic heterocycles. The number of fused-ring (bicyclic) bond motifs is 5. The van der Waals surface area contributed by atoms with Crippen molar-refractivity contribution >= 4 is 28.6 Å². The Morgan fingerprint density at radius 3 is 2.77 bits per heavy atom. The average Bonchev–Trinajstić information content (AvgIpc) is 3.38. The highest BCUT2D eigenvalue weighted by molar-refractivity contribution is 6.01. The largest absolute Gasteiger partial charge is 0.336 e. The van der Waals surface area contributed by atoms with Gasteiger partial charge in [-0.3, -0.25) is 18.8 Å². The summed E-state index contributed by atoms with van der Waals surface area (Å²) >= 11 is 0. The maximum atomic E-state index is 13.6. The van der Waals surface area contributed by atoms with E-state index in [-0.39, 0.29) is 22.7 Å². The molecule has 1 saturated heterocycles. The highest BCUT2D eigenvalue weighted by atomic mass is 16.2.